The van der Waals surface area contributed by atoms with Crippen LogP contribution in [0, 0.1) is 0 Å². The molecule has 0 atom stereocenters. The summed E-state index contributed by atoms with van der Waals surface area (Å²) in [6.07, 6.45) is 0. The highest BCUT2D eigenvalue weighted by Crippen LogP contribution is 2.32. The van der Waals surface area contributed by atoms with Crippen molar-refractivity contribution in [3.8, 4) is 5.75 Å². The smallest absolute Gasteiger partial charge is 0.294 e. The van der Waals surface area contributed by atoms with Gasteiger partial charge in [-0.05, 0) is 36.4 Å². The summed E-state index contributed by atoms with van der Waals surface area (Å²) in [6.45, 7) is 0. The molecule has 2 aromatic heterocycles. The number of nitrogens with one attached hydrogen (secondary N) is 1. The standard InChI is InChI=1S/C18H12N4O5S/c23-17-12-9-11(28(25,26)27)6-7-14(12)20-18(24)16(17)22-21-15-8-5-10-3-1-2-4-13(10)19-15/h1-9H,(H2,20,23,24)(H,25,26,27). The number of para-hydroxylation sites is 1. The maximum Gasteiger partial charge on any atom is 0.294 e. The van der Waals surface area contributed by atoms with Crippen molar-refractivity contribution >= 4 is 43.4 Å². The van der Waals surface area contributed by atoms with Crippen LogP contribution in [-0.2, 0) is 10.1 Å². The van der Waals surface area contributed by atoms with E-state index in [1.165, 1.54) is 6.07 Å². The molecule has 0 aliphatic carbocycles. The van der Waals surface area contributed by atoms with Crippen LogP contribution in [0.1, 0.15) is 0 Å². The summed E-state index contributed by atoms with van der Waals surface area (Å²) < 4.78 is 31.8. The number of rotatable bonds is 3. The van der Waals surface area contributed by atoms with Crippen molar-refractivity contribution in [3.05, 3.63) is 65.0 Å². The Morgan fingerprint density at radius 2 is 1.79 bits per heavy atom. The van der Waals surface area contributed by atoms with Crippen LogP contribution in [-0.4, -0.2) is 28.0 Å². The van der Waals surface area contributed by atoms with Crippen molar-refractivity contribution in [2.45, 2.75) is 4.90 Å². The number of aromatic hydroxyl groups is 1. The third-order valence-corrected chi connectivity index (χ3v) is 4.92. The molecular formula is C18H12N4O5S. The van der Waals surface area contributed by atoms with Crippen LogP contribution in [0.3, 0.4) is 0 Å². The van der Waals surface area contributed by atoms with E-state index in [0.29, 0.717) is 5.52 Å². The van der Waals surface area contributed by atoms with Gasteiger partial charge >= 0.3 is 0 Å². The molecule has 140 valence electrons. The maximum atomic E-state index is 12.2. The predicted octanol–water partition coefficient (Wildman–Crippen LogP) is 3.44. The van der Waals surface area contributed by atoms with E-state index in [2.05, 4.69) is 20.2 Å². The minimum Gasteiger partial charge on any atom is -0.505 e. The molecule has 0 amide bonds. The normalized spacial score (nSPS) is 12.2. The van der Waals surface area contributed by atoms with E-state index in [-0.39, 0.29) is 16.7 Å². The first-order valence-electron chi connectivity index (χ1n) is 7.97. The molecule has 0 unspecified atom stereocenters. The second-order valence-electron chi connectivity index (χ2n) is 5.90. The summed E-state index contributed by atoms with van der Waals surface area (Å²) in [5.74, 6) is -0.335. The Labute approximate surface area is 157 Å². The Morgan fingerprint density at radius 1 is 1.00 bits per heavy atom. The van der Waals surface area contributed by atoms with E-state index < -0.39 is 32.0 Å². The highest BCUT2D eigenvalue weighted by molar-refractivity contribution is 7.85. The van der Waals surface area contributed by atoms with Crippen LogP contribution < -0.4 is 5.56 Å². The first kappa shape index (κ1) is 17.8. The molecule has 0 spiro atoms. The van der Waals surface area contributed by atoms with Gasteiger partial charge in [0.1, 0.15) is 0 Å². The van der Waals surface area contributed by atoms with Gasteiger partial charge in [0.15, 0.2) is 17.3 Å². The minimum absolute atomic E-state index is 0.00449. The van der Waals surface area contributed by atoms with E-state index in [4.69, 9.17) is 0 Å². The Morgan fingerprint density at radius 3 is 2.57 bits per heavy atom. The van der Waals surface area contributed by atoms with E-state index in [9.17, 15) is 22.9 Å². The molecule has 0 fully saturated rings. The molecule has 0 aliphatic rings. The van der Waals surface area contributed by atoms with Crippen LogP contribution in [0.2, 0.25) is 0 Å². The molecule has 9 nitrogen and oxygen atoms in total. The Bertz CT molecular complexity index is 1430. The van der Waals surface area contributed by atoms with Gasteiger partial charge in [-0.1, -0.05) is 18.2 Å². The fourth-order valence-electron chi connectivity index (χ4n) is 2.71. The monoisotopic (exact) mass is 396 g/mol. The molecule has 0 saturated heterocycles. The summed E-state index contributed by atoms with van der Waals surface area (Å²) in [5.41, 5.74) is -0.254. The highest BCUT2D eigenvalue weighted by Gasteiger charge is 2.16. The largest absolute Gasteiger partial charge is 0.505 e. The van der Waals surface area contributed by atoms with Gasteiger partial charge in [0, 0.05) is 10.8 Å². The number of hydrogen-bond donors (Lipinski definition) is 3. The summed E-state index contributed by atoms with van der Waals surface area (Å²) in [7, 11) is -4.48. The molecule has 0 saturated carbocycles. The summed E-state index contributed by atoms with van der Waals surface area (Å²) in [5, 5.41) is 19.0. The fourth-order valence-corrected chi connectivity index (χ4v) is 3.22. The maximum absolute atomic E-state index is 12.2. The van der Waals surface area contributed by atoms with Gasteiger partial charge in [-0.25, -0.2) is 4.98 Å². The Kier molecular flexibility index (Phi) is 4.13. The SMILES string of the molecule is O=c1[nH]c2ccc(S(=O)(=O)O)cc2c(O)c1N=Nc1ccc2ccccc2n1. The lowest BCUT2D eigenvalue weighted by Gasteiger charge is -2.05. The lowest BCUT2D eigenvalue weighted by molar-refractivity contribution is 0.480. The predicted molar refractivity (Wildman–Crippen MR) is 102 cm³/mol. The lowest BCUT2D eigenvalue weighted by atomic mass is 10.2. The molecule has 0 aliphatic heterocycles. The molecule has 0 bridgehead atoms. The first-order valence-corrected chi connectivity index (χ1v) is 9.41. The summed E-state index contributed by atoms with van der Waals surface area (Å²) >= 11 is 0. The van der Waals surface area contributed by atoms with E-state index in [1.54, 1.807) is 18.2 Å². The average molecular weight is 396 g/mol. The number of fused-ring (bicyclic) bond motifs is 2. The number of H-pyrrole nitrogens is 1. The molecule has 10 heteroatoms. The topological polar surface area (TPSA) is 145 Å². The zero-order chi connectivity index (χ0) is 19.9. The van der Waals surface area contributed by atoms with Crippen LogP contribution in [0.5, 0.6) is 5.75 Å². The fraction of sp³-hybridized carbons (Fsp3) is 0. The van der Waals surface area contributed by atoms with Crippen molar-refractivity contribution in [3.63, 3.8) is 0 Å². The molecule has 2 aromatic carbocycles. The number of pyridine rings is 2. The summed E-state index contributed by atoms with van der Waals surface area (Å²) in [6, 6.07) is 14.2. The van der Waals surface area contributed by atoms with Gasteiger partial charge < -0.3 is 10.1 Å². The van der Waals surface area contributed by atoms with Crippen LogP contribution in [0.4, 0.5) is 11.5 Å². The molecule has 2 heterocycles. The minimum atomic E-state index is -4.48. The molecule has 28 heavy (non-hydrogen) atoms. The highest BCUT2D eigenvalue weighted by atomic mass is 32.2. The number of aromatic nitrogens is 2. The van der Waals surface area contributed by atoms with Crippen LogP contribution in [0.25, 0.3) is 21.8 Å². The average Bonchev–Trinajstić information content (AvgIpc) is 2.66. The second-order valence-corrected chi connectivity index (χ2v) is 7.32. The van der Waals surface area contributed by atoms with Crippen molar-refractivity contribution < 1.29 is 18.1 Å². The van der Waals surface area contributed by atoms with Gasteiger partial charge in [-0.15, -0.1) is 10.2 Å². The van der Waals surface area contributed by atoms with Gasteiger partial charge in [0.25, 0.3) is 15.7 Å². The Balaban J connectivity index is 1.82. The number of nitrogens with zero attached hydrogens (tertiary/aromatic N) is 3. The third-order valence-electron chi connectivity index (χ3n) is 4.07. The second kappa shape index (κ2) is 6.51. The third kappa shape index (κ3) is 3.21. The van der Waals surface area contributed by atoms with Crippen molar-refractivity contribution in [2.75, 3.05) is 0 Å². The molecule has 0 radical (unpaired) electrons. The molecule has 4 rings (SSSR count). The molecular weight excluding hydrogens is 384 g/mol. The zero-order valence-corrected chi connectivity index (χ0v) is 14.9. The lowest BCUT2D eigenvalue weighted by Crippen LogP contribution is -2.06. The van der Waals surface area contributed by atoms with Gasteiger partial charge in [0.2, 0.25) is 0 Å². The van der Waals surface area contributed by atoms with Gasteiger partial charge in [-0.2, -0.15) is 8.42 Å². The number of hydrogen-bond acceptors (Lipinski definition) is 7. The zero-order valence-electron chi connectivity index (χ0n) is 14.1. The van der Waals surface area contributed by atoms with Crippen molar-refractivity contribution in [2.24, 2.45) is 10.2 Å². The molecule has 4 aromatic rings. The van der Waals surface area contributed by atoms with Crippen LogP contribution >= 0.6 is 0 Å². The van der Waals surface area contributed by atoms with E-state index in [1.807, 2.05) is 18.2 Å². The van der Waals surface area contributed by atoms with Crippen molar-refractivity contribution in [1.82, 2.24) is 9.97 Å². The quantitative estimate of drug-likeness (QED) is 0.357. The number of benzene rings is 2. The van der Waals surface area contributed by atoms with E-state index >= 15 is 0 Å². The number of azo groups is 1. The van der Waals surface area contributed by atoms with Gasteiger partial charge in [0.05, 0.1) is 15.9 Å². The number of aromatic amines is 1. The Hall–Kier alpha value is -3.63. The summed E-state index contributed by atoms with van der Waals surface area (Å²) in [4.78, 5) is 18.6. The van der Waals surface area contributed by atoms with Crippen LogP contribution in [0.15, 0.2) is 74.5 Å². The van der Waals surface area contributed by atoms with E-state index in [0.717, 1.165) is 17.5 Å². The first-order chi connectivity index (χ1) is 13.3. The molecule has 3 N–H and O–H groups in total. The van der Waals surface area contributed by atoms with Crippen molar-refractivity contribution in [1.29, 1.82) is 0 Å². The van der Waals surface area contributed by atoms with Gasteiger partial charge in [-0.3, -0.25) is 9.35 Å².